The Morgan fingerprint density at radius 1 is 0.611 bits per heavy atom. The van der Waals surface area contributed by atoms with E-state index >= 15 is 0 Å². The van der Waals surface area contributed by atoms with Gasteiger partial charge in [-0.15, -0.1) is 0 Å². The molecule has 4 rings (SSSR count). The molecule has 298 valence electrons. The highest BCUT2D eigenvalue weighted by atomic mass is 16.6. The Kier molecular flexibility index (Phi) is 17.1. The molecule has 0 heterocycles. The molecule has 0 amide bonds. The van der Waals surface area contributed by atoms with Crippen LogP contribution >= 0.6 is 0 Å². The number of carboxylic acid groups (broad SMARTS) is 2. The summed E-state index contributed by atoms with van der Waals surface area (Å²) in [6.45, 7) is 7.77. The summed E-state index contributed by atoms with van der Waals surface area (Å²) >= 11 is 0. The number of aliphatic carboxylic acids is 2. The van der Waals surface area contributed by atoms with Crippen LogP contribution in [0.25, 0.3) is 0 Å². The predicted octanol–water partition coefficient (Wildman–Crippen LogP) is 11.5. The number of carboxylic acids is 2. The second-order valence-electron chi connectivity index (χ2n) is 16.2. The minimum Gasteiger partial charge on any atom is -0.481 e. The van der Waals surface area contributed by atoms with Crippen LogP contribution in [0.3, 0.4) is 0 Å². The van der Waals surface area contributed by atoms with Gasteiger partial charge in [-0.3, -0.25) is 9.59 Å². The van der Waals surface area contributed by atoms with Crippen molar-refractivity contribution < 1.29 is 38.9 Å². The van der Waals surface area contributed by atoms with E-state index in [2.05, 4.69) is 13.8 Å². The van der Waals surface area contributed by atoms with E-state index in [1.54, 1.807) is 38.1 Å². The van der Waals surface area contributed by atoms with E-state index in [1.807, 2.05) is 24.3 Å². The fourth-order valence-corrected chi connectivity index (χ4v) is 9.11. The first-order valence-corrected chi connectivity index (χ1v) is 21.1. The Bertz CT molecular complexity index is 1460. The summed E-state index contributed by atoms with van der Waals surface area (Å²) in [5.74, 6) is -1.70. The Hall–Kier alpha value is -3.68. The van der Waals surface area contributed by atoms with Crippen LogP contribution in [0.4, 0.5) is 0 Å². The summed E-state index contributed by atoms with van der Waals surface area (Å²) in [5, 5.41) is 20.4. The topological polar surface area (TPSA) is 127 Å². The van der Waals surface area contributed by atoms with Gasteiger partial charge >= 0.3 is 23.9 Å². The van der Waals surface area contributed by atoms with E-state index in [9.17, 15) is 29.4 Å². The third kappa shape index (κ3) is 11.7. The number of ether oxygens (including phenoxy) is 2. The van der Waals surface area contributed by atoms with Crippen molar-refractivity contribution in [3.05, 3.63) is 70.8 Å². The zero-order chi connectivity index (χ0) is 39.1. The van der Waals surface area contributed by atoms with Crippen LogP contribution in [0.5, 0.6) is 0 Å². The summed E-state index contributed by atoms with van der Waals surface area (Å²) < 4.78 is 11.8. The van der Waals surface area contributed by atoms with E-state index in [0.29, 0.717) is 11.8 Å². The van der Waals surface area contributed by atoms with Gasteiger partial charge in [-0.2, -0.15) is 0 Å². The molecular formula is C46H66O8. The molecule has 2 aliphatic carbocycles. The van der Waals surface area contributed by atoms with Crippen molar-refractivity contribution in [1.82, 2.24) is 0 Å². The molecule has 0 unspecified atom stereocenters. The van der Waals surface area contributed by atoms with E-state index in [1.165, 1.54) is 77.0 Å². The summed E-state index contributed by atoms with van der Waals surface area (Å²) in [6, 6.07) is 14.5. The summed E-state index contributed by atoms with van der Waals surface area (Å²) in [6.07, 6.45) is 15.8. The Labute approximate surface area is 323 Å². The Morgan fingerprint density at radius 2 is 1.02 bits per heavy atom. The van der Waals surface area contributed by atoms with Crippen molar-refractivity contribution in [2.45, 2.75) is 174 Å². The van der Waals surface area contributed by atoms with Gasteiger partial charge in [-0.05, 0) is 123 Å². The quantitative estimate of drug-likeness (QED) is 0.0954. The molecule has 8 heteroatoms. The molecule has 0 spiro atoms. The predicted molar refractivity (Wildman–Crippen MR) is 212 cm³/mol. The number of carbonyl (C=O) groups excluding carboxylic acids is 2. The molecule has 2 aromatic rings. The molecule has 2 aliphatic rings. The maximum Gasteiger partial charge on any atom is 0.338 e. The van der Waals surface area contributed by atoms with Crippen molar-refractivity contribution in [1.29, 1.82) is 0 Å². The standard InChI is InChI=1S/C46H66O8/c1-5-9-11-13-32-15-19-34(20-16-32)36-23-27-38(28-24-36)43(49)53-40(31-41(47)48)42(46(7-3,8-4)45(51)52)54-44(50)39-29-25-37(26-30-39)35-21-17-33(18-22-35)14-12-10-6-2/h23-30,32-35,40,42H,5-22,31H2,1-4H3,(H,47,48)(H,51,52)/t32?,33?,34?,35?,40-,42+/m1/s1. The number of hydrogen-bond donors (Lipinski definition) is 2. The second kappa shape index (κ2) is 21.4. The molecule has 0 saturated heterocycles. The molecule has 2 fully saturated rings. The van der Waals surface area contributed by atoms with Gasteiger partial charge in [0.1, 0.15) is 5.41 Å². The van der Waals surface area contributed by atoms with Crippen LogP contribution in [0.15, 0.2) is 48.5 Å². The highest BCUT2D eigenvalue weighted by Gasteiger charge is 2.51. The Morgan fingerprint density at radius 3 is 1.37 bits per heavy atom. The second-order valence-corrected chi connectivity index (χ2v) is 16.2. The maximum absolute atomic E-state index is 13.7. The van der Waals surface area contributed by atoms with Gasteiger partial charge in [0.25, 0.3) is 0 Å². The number of hydrogen-bond acceptors (Lipinski definition) is 6. The van der Waals surface area contributed by atoms with Crippen molar-refractivity contribution in [2.24, 2.45) is 17.3 Å². The third-order valence-corrected chi connectivity index (χ3v) is 12.8. The molecule has 0 bridgehead atoms. The van der Waals surface area contributed by atoms with Crippen LogP contribution in [0, 0.1) is 17.3 Å². The van der Waals surface area contributed by atoms with E-state index in [4.69, 9.17) is 9.47 Å². The van der Waals surface area contributed by atoms with E-state index in [0.717, 1.165) is 48.6 Å². The zero-order valence-electron chi connectivity index (χ0n) is 33.4. The minimum atomic E-state index is -1.69. The van der Waals surface area contributed by atoms with Gasteiger partial charge in [-0.25, -0.2) is 9.59 Å². The van der Waals surface area contributed by atoms with Crippen molar-refractivity contribution in [2.75, 3.05) is 0 Å². The number of esters is 2. The van der Waals surface area contributed by atoms with Gasteiger partial charge < -0.3 is 19.7 Å². The Balaban J connectivity index is 1.47. The molecule has 0 aliphatic heterocycles. The highest BCUT2D eigenvalue weighted by Crippen LogP contribution is 2.41. The van der Waals surface area contributed by atoms with Crippen molar-refractivity contribution >= 4 is 23.9 Å². The fourth-order valence-electron chi connectivity index (χ4n) is 9.11. The number of unbranched alkanes of at least 4 members (excludes halogenated alkanes) is 4. The molecule has 2 saturated carbocycles. The molecule has 54 heavy (non-hydrogen) atoms. The third-order valence-electron chi connectivity index (χ3n) is 12.8. The normalized spacial score (nSPS) is 21.5. The monoisotopic (exact) mass is 746 g/mol. The summed E-state index contributed by atoms with van der Waals surface area (Å²) in [7, 11) is 0. The maximum atomic E-state index is 13.7. The van der Waals surface area contributed by atoms with Gasteiger partial charge in [0.15, 0.2) is 12.2 Å². The van der Waals surface area contributed by atoms with Crippen LogP contribution in [-0.2, 0) is 19.1 Å². The largest absolute Gasteiger partial charge is 0.481 e. The number of carbonyl (C=O) groups is 4. The summed E-state index contributed by atoms with van der Waals surface area (Å²) in [5.41, 5.74) is 1.10. The first-order chi connectivity index (χ1) is 26.0. The molecule has 2 atom stereocenters. The van der Waals surface area contributed by atoms with Crippen LogP contribution in [0.2, 0.25) is 0 Å². The molecule has 0 aromatic heterocycles. The van der Waals surface area contributed by atoms with Crippen LogP contribution < -0.4 is 0 Å². The molecule has 2 aromatic carbocycles. The SMILES string of the molecule is CCCCCC1CCC(c2ccc(C(=O)O[C@H](CC(=O)O)[C@H](OC(=O)c3ccc(C4CCC(CCCCC)CC4)cc3)C(CC)(CC)C(=O)O)cc2)CC1. The van der Waals surface area contributed by atoms with Crippen LogP contribution in [-0.4, -0.2) is 46.3 Å². The van der Waals surface area contributed by atoms with Gasteiger partial charge in [-0.1, -0.05) is 103 Å². The molecular weight excluding hydrogens is 680 g/mol. The first kappa shape index (κ1) is 43.1. The number of benzene rings is 2. The lowest BCUT2D eigenvalue weighted by atomic mass is 9.74. The smallest absolute Gasteiger partial charge is 0.338 e. The van der Waals surface area contributed by atoms with E-state index in [-0.39, 0.29) is 24.0 Å². The highest BCUT2D eigenvalue weighted by molar-refractivity contribution is 5.91. The summed E-state index contributed by atoms with van der Waals surface area (Å²) in [4.78, 5) is 52.4. The lowest BCUT2D eigenvalue weighted by Gasteiger charge is -2.38. The van der Waals surface area contributed by atoms with E-state index < -0.39 is 47.9 Å². The lowest BCUT2D eigenvalue weighted by molar-refractivity contribution is -0.168. The molecule has 2 N–H and O–H groups in total. The lowest BCUT2D eigenvalue weighted by Crippen LogP contribution is -2.52. The first-order valence-electron chi connectivity index (χ1n) is 21.1. The van der Waals surface area contributed by atoms with Gasteiger partial charge in [0, 0.05) is 0 Å². The molecule has 8 nitrogen and oxygen atoms in total. The van der Waals surface area contributed by atoms with Crippen molar-refractivity contribution in [3.8, 4) is 0 Å². The van der Waals surface area contributed by atoms with Crippen molar-refractivity contribution in [3.63, 3.8) is 0 Å². The number of rotatable bonds is 21. The molecule has 0 radical (unpaired) electrons. The average Bonchev–Trinajstić information content (AvgIpc) is 3.18. The van der Waals surface area contributed by atoms with Gasteiger partial charge in [0.05, 0.1) is 17.5 Å². The van der Waals surface area contributed by atoms with Crippen LogP contribution in [0.1, 0.15) is 193 Å². The van der Waals surface area contributed by atoms with Gasteiger partial charge in [0.2, 0.25) is 0 Å². The average molecular weight is 747 g/mol. The minimum absolute atomic E-state index is 0.0278. The zero-order valence-corrected chi connectivity index (χ0v) is 33.4. The fraction of sp³-hybridized carbons (Fsp3) is 0.652.